The van der Waals surface area contributed by atoms with Crippen molar-refractivity contribution in [2.24, 2.45) is 52.3 Å². The first-order valence-corrected chi connectivity index (χ1v) is 9.80. The lowest BCUT2D eigenvalue weighted by Gasteiger charge is -2.37. The third kappa shape index (κ3) is 2.07. The van der Waals surface area contributed by atoms with Crippen LogP contribution in [0.5, 0.6) is 0 Å². The summed E-state index contributed by atoms with van der Waals surface area (Å²) in [5.41, 5.74) is 1.31. The van der Waals surface area contributed by atoms with Crippen molar-refractivity contribution < 1.29 is 0 Å². The maximum absolute atomic E-state index is 2.58. The minimum absolute atomic E-state index is 0.622. The molecule has 0 N–H and O–H groups in total. The smallest absolute Gasteiger partial charge is 0.0264 e. The van der Waals surface area contributed by atoms with Gasteiger partial charge in [0.25, 0.3) is 0 Å². The molecular weight excluding hydrogens is 252 g/mol. The topological polar surface area (TPSA) is 0 Å². The Morgan fingerprint density at radius 2 is 1.57 bits per heavy atom. The van der Waals surface area contributed by atoms with Gasteiger partial charge >= 0.3 is 0 Å². The summed E-state index contributed by atoms with van der Waals surface area (Å²) in [6.07, 6.45) is 7.35. The van der Waals surface area contributed by atoms with Crippen LogP contribution in [-0.2, 0) is 0 Å². The van der Waals surface area contributed by atoms with E-state index in [4.69, 9.17) is 0 Å². The van der Waals surface area contributed by atoms with Crippen molar-refractivity contribution in [3.63, 3.8) is 0 Å². The predicted octanol–water partition coefficient (Wildman–Crippen LogP) is 6.40. The summed E-state index contributed by atoms with van der Waals surface area (Å²) < 4.78 is 0. The fraction of sp³-hybridized carbons (Fsp3) is 1.00. The van der Waals surface area contributed by atoms with Gasteiger partial charge in [-0.15, -0.1) is 0 Å². The van der Waals surface area contributed by atoms with Gasteiger partial charge in [0, 0.05) is 0 Å². The molecule has 3 aliphatic carbocycles. The molecule has 8 atom stereocenters. The zero-order valence-electron chi connectivity index (χ0n) is 15.6. The van der Waals surface area contributed by atoms with E-state index in [0.717, 1.165) is 41.4 Å². The molecular formula is C21H38. The van der Waals surface area contributed by atoms with Crippen molar-refractivity contribution in [1.82, 2.24) is 0 Å². The molecule has 0 aliphatic heterocycles. The van der Waals surface area contributed by atoms with Crippen LogP contribution in [0.4, 0.5) is 0 Å². The van der Waals surface area contributed by atoms with Gasteiger partial charge in [0.1, 0.15) is 0 Å². The summed E-state index contributed by atoms with van der Waals surface area (Å²) in [7, 11) is 0. The highest BCUT2D eigenvalue weighted by Crippen LogP contribution is 2.73. The summed E-state index contributed by atoms with van der Waals surface area (Å²) in [5.74, 6) is 7.03. The summed E-state index contributed by atoms with van der Waals surface area (Å²) in [6, 6.07) is 0. The first kappa shape index (κ1) is 15.9. The van der Waals surface area contributed by atoms with E-state index in [1.54, 1.807) is 6.42 Å². The summed E-state index contributed by atoms with van der Waals surface area (Å²) in [5, 5.41) is 0. The molecule has 0 amide bonds. The number of hydrogen-bond donors (Lipinski definition) is 0. The Labute approximate surface area is 133 Å². The van der Waals surface area contributed by atoms with Crippen LogP contribution in [0.15, 0.2) is 0 Å². The molecule has 0 saturated heterocycles. The predicted molar refractivity (Wildman–Crippen MR) is 92.1 cm³/mol. The van der Waals surface area contributed by atoms with E-state index in [9.17, 15) is 0 Å². The Bertz CT molecular complexity index is 395. The van der Waals surface area contributed by atoms with Crippen LogP contribution in [-0.4, -0.2) is 0 Å². The number of fused-ring (bicyclic) bond motifs is 1. The van der Waals surface area contributed by atoms with Crippen LogP contribution < -0.4 is 0 Å². The molecule has 0 aromatic carbocycles. The molecule has 8 unspecified atom stereocenters. The van der Waals surface area contributed by atoms with Gasteiger partial charge in [-0.25, -0.2) is 0 Å². The molecule has 0 bridgehead atoms. The maximum atomic E-state index is 2.58. The number of rotatable bonds is 4. The maximum Gasteiger partial charge on any atom is -0.0264 e. The molecule has 122 valence electrons. The van der Waals surface area contributed by atoms with Crippen LogP contribution in [0.3, 0.4) is 0 Å². The molecule has 21 heavy (non-hydrogen) atoms. The highest BCUT2D eigenvalue weighted by molar-refractivity contribution is 5.15. The van der Waals surface area contributed by atoms with E-state index in [1.807, 2.05) is 0 Å². The van der Waals surface area contributed by atoms with E-state index in [2.05, 4.69) is 48.5 Å². The highest BCUT2D eigenvalue weighted by Gasteiger charge is 2.67. The van der Waals surface area contributed by atoms with Gasteiger partial charge in [-0.2, -0.15) is 0 Å². The standard InChI is InChI=1S/C21H38/c1-8-10-21(9-2)12-16(19-15(5)20(19,6)7)17-13(3)11-14(4)18(17)21/h13-19H,8-12H2,1-7H3. The molecule has 0 heteroatoms. The van der Waals surface area contributed by atoms with Gasteiger partial charge in [0.05, 0.1) is 0 Å². The van der Waals surface area contributed by atoms with E-state index in [1.165, 1.54) is 25.7 Å². The Morgan fingerprint density at radius 1 is 0.952 bits per heavy atom. The molecule has 3 rings (SSSR count). The third-order valence-corrected chi connectivity index (χ3v) is 8.65. The zero-order chi connectivity index (χ0) is 15.6. The monoisotopic (exact) mass is 290 g/mol. The summed E-state index contributed by atoms with van der Waals surface area (Å²) in [6.45, 7) is 17.6. The first-order valence-electron chi connectivity index (χ1n) is 9.80. The van der Waals surface area contributed by atoms with Crippen LogP contribution in [0.2, 0.25) is 0 Å². The summed E-state index contributed by atoms with van der Waals surface area (Å²) >= 11 is 0. The van der Waals surface area contributed by atoms with Crippen molar-refractivity contribution in [3.8, 4) is 0 Å². The molecule has 0 heterocycles. The van der Waals surface area contributed by atoms with E-state index in [0.29, 0.717) is 10.8 Å². The zero-order valence-corrected chi connectivity index (χ0v) is 15.6. The largest absolute Gasteiger partial charge is 0.0654 e. The Kier molecular flexibility index (Phi) is 3.78. The average Bonchev–Trinajstić information content (AvgIpc) is 2.74. The van der Waals surface area contributed by atoms with E-state index < -0.39 is 0 Å². The Hall–Kier alpha value is 0. The quantitative estimate of drug-likeness (QED) is 0.561. The molecule has 0 spiro atoms. The van der Waals surface area contributed by atoms with Gasteiger partial charge in [0.15, 0.2) is 0 Å². The van der Waals surface area contributed by atoms with Crippen LogP contribution >= 0.6 is 0 Å². The Morgan fingerprint density at radius 3 is 2.05 bits per heavy atom. The fourth-order valence-corrected chi connectivity index (χ4v) is 7.62. The van der Waals surface area contributed by atoms with Crippen molar-refractivity contribution >= 4 is 0 Å². The minimum Gasteiger partial charge on any atom is -0.0654 e. The molecule has 0 aromatic heterocycles. The highest BCUT2D eigenvalue weighted by atomic mass is 14.7. The lowest BCUT2D eigenvalue weighted by molar-refractivity contribution is 0.122. The SMILES string of the molecule is CCCC1(CC)CC(C2C(C)C2(C)C)C2C(C)CC(C)C21. The van der Waals surface area contributed by atoms with Gasteiger partial charge in [-0.1, -0.05) is 61.3 Å². The molecule has 3 fully saturated rings. The molecule has 0 aromatic rings. The van der Waals surface area contributed by atoms with Crippen molar-refractivity contribution in [2.45, 2.75) is 80.6 Å². The van der Waals surface area contributed by atoms with Gasteiger partial charge < -0.3 is 0 Å². The molecule has 3 aliphatic rings. The van der Waals surface area contributed by atoms with Crippen LogP contribution in [0.1, 0.15) is 80.6 Å². The van der Waals surface area contributed by atoms with E-state index in [-0.39, 0.29) is 0 Å². The normalized spacial score (nSPS) is 54.7. The first-order chi connectivity index (χ1) is 9.80. The van der Waals surface area contributed by atoms with Crippen LogP contribution in [0, 0.1) is 52.3 Å². The third-order valence-electron chi connectivity index (χ3n) is 8.65. The van der Waals surface area contributed by atoms with Crippen molar-refractivity contribution in [3.05, 3.63) is 0 Å². The fourth-order valence-electron chi connectivity index (χ4n) is 7.62. The van der Waals surface area contributed by atoms with Gasteiger partial charge in [0.2, 0.25) is 0 Å². The average molecular weight is 291 g/mol. The van der Waals surface area contributed by atoms with Gasteiger partial charge in [-0.3, -0.25) is 0 Å². The van der Waals surface area contributed by atoms with Crippen molar-refractivity contribution in [2.75, 3.05) is 0 Å². The minimum atomic E-state index is 0.622. The van der Waals surface area contributed by atoms with Crippen molar-refractivity contribution in [1.29, 1.82) is 0 Å². The second-order valence-electron chi connectivity index (χ2n) is 9.76. The lowest BCUT2D eigenvalue weighted by atomic mass is 9.68. The number of hydrogen-bond acceptors (Lipinski definition) is 0. The lowest BCUT2D eigenvalue weighted by Crippen LogP contribution is -2.29. The summed E-state index contributed by atoms with van der Waals surface area (Å²) in [4.78, 5) is 0. The second kappa shape index (κ2) is 5.00. The Balaban J connectivity index is 1.93. The van der Waals surface area contributed by atoms with Crippen LogP contribution in [0.25, 0.3) is 0 Å². The second-order valence-corrected chi connectivity index (χ2v) is 9.76. The van der Waals surface area contributed by atoms with Gasteiger partial charge in [-0.05, 0) is 71.5 Å². The molecule has 3 saturated carbocycles. The molecule has 0 nitrogen and oxygen atoms in total. The van der Waals surface area contributed by atoms with E-state index >= 15 is 0 Å². The molecule has 0 radical (unpaired) electrons.